The maximum absolute atomic E-state index is 13.4. The quantitative estimate of drug-likeness (QED) is 0.123. The third-order valence-corrected chi connectivity index (χ3v) is 7.25. The van der Waals surface area contributed by atoms with Gasteiger partial charge >= 0.3 is 5.91 Å². The molecule has 0 radical (unpaired) electrons. The zero-order chi connectivity index (χ0) is 26.4. The van der Waals surface area contributed by atoms with Gasteiger partial charge in [0.15, 0.2) is 5.13 Å². The summed E-state index contributed by atoms with van der Waals surface area (Å²) in [6.07, 6.45) is 0. The van der Waals surface area contributed by atoms with Gasteiger partial charge in [-0.25, -0.2) is 4.98 Å². The number of non-ortho nitro benzene ring substituents is 1. The van der Waals surface area contributed by atoms with Crippen molar-refractivity contribution in [3.63, 3.8) is 0 Å². The van der Waals surface area contributed by atoms with E-state index in [1.54, 1.807) is 24.3 Å². The number of carbonyl (C=O) groups is 2. The number of aromatic nitrogens is 1. The van der Waals surface area contributed by atoms with E-state index in [2.05, 4.69) is 4.98 Å². The van der Waals surface area contributed by atoms with Crippen LogP contribution in [0.1, 0.15) is 28.3 Å². The maximum atomic E-state index is 13.4. The van der Waals surface area contributed by atoms with Crippen molar-refractivity contribution >= 4 is 49.8 Å². The average Bonchev–Trinajstić information content (AvgIpc) is 3.42. The Bertz CT molecular complexity index is 1610. The van der Waals surface area contributed by atoms with E-state index in [4.69, 9.17) is 4.74 Å². The normalized spacial score (nSPS) is 16.9. The highest BCUT2D eigenvalue weighted by atomic mass is 32.1. The number of nitro groups is 1. The molecule has 4 aromatic rings. The molecular formula is C27H21N3O6S. The fourth-order valence-corrected chi connectivity index (χ4v) is 5.66. The van der Waals surface area contributed by atoms with Crippen LogP contribution in [0.25, 0.3) is 16.0 Å². The molecule has 0 spiro atoms. The Hall–Kier alpha value is -4.57. The summed E-state index contributed by atoms with van der Waals surface area (Å²) >= 11 is 1.26. The largest absolute Gasteiger partial charge is 0.507 e. The molecule has 1 atom stereocenters. The van der Waals surface area contributed by atoms with Crippen LogP contribution in [0.2, 0.25) is 0 Å². The van der Waals surface area contributed by atoms with E-state index < -0.39 is 22.7 Å². The molecule has 2 heterocycles. The Morgan fingerprint density at radius 3 is 2.38 bits per heavy atom. The fraction of sp³-hybridized carbons (Fsp3) is 0.148. The number of ether oxygens (including phenoxy) is 1. The zero-order valence-electron chi connectivity index (χ0n) is 20.1. The van der Waals surface area contributed by atoms with Gasteiger partial charge in [0.05, 0.1) is 33.9 Å². The van der Waals surface area contributed by atoms with Crippen LogP contribution in [0.5, 0.6) is 5.75 Å². The second-order valence-corrected chi connectivity index (χ2v) is 9.68. The standard InChI is InChI=1S/C27H21N3O6S/c1-14-12-15(2)22-20(13-14)37-27(28-22)29-23(16-4-8-18(9-5-16)30(34)35)21(25(32)26(29)33)24(31)17-6-10-19(36-3)11-7-17/h4-13,23,31H,1-3H3/b24-21+/t23-/m0/s1. The lowest BCUT2D eigenvalue weighted by molar-refractivity contribution is -0.384. The van der Waals surface area contributed by atoms with Gasteiger partial charge in [-0.1, -0.05) is 17.4 Å². The smallest absolute Gasteiger partial charge is 0.301 e. The summed E-state index contributed by atoms with van der Waals surface area (Å²) in [7, 11) is 1.51. The van der Waals surface area contributed by atoms with Crippen molar-refractivity contribution < 1.29 is 24.4 Å². The summed E-state index contributed by atoms with van der Waals surface area (Å²) in [5.41, 5.74) is 3.16. The molecule has 1 aliphatic heterocycles. The van der Waals surface area contributed by atoms with Crippen LogP contribution in [0.4, 0.5) is 10.8 Å². The molecule has 9 nitrogen and oxygen atoms in total. The molecule has 1 aliphatic rings. The first-order valence-electron chi connectivity index (χ1n) is 11.3. The Labute approximate surface area is 215 Å². The molecule has 186 valence electrons. The molecule has 1 amide bonds. The summed E-state index contributed by atoms with van der Waals surface area (Å²) in [6, 6.07) is 14.9. The first-order valence-corrected chi connectivity index (χ1v) is 12.1. The van der Waals surface area contributed by atoms with E-state index >= 15 is 0 Å². The number of amides is 1. The Kier molecular flexibility index (Phi) is 5.96. The van der Waals surface area contributed by atoms with Crippen molar-refractivity contribution in [2.45, 2.75) is 19.9 Å². The number of carbonyl (C=O) groups excluding carboxylic acids is 2. The highest BCUT2D eigenvalue weighted by Gasteiger charge is 2.48. The van der Waals surface area contributed by atoms with E-state index in [1.165, 1.54) is 47.6 Å². The van der Waals surface area contributed by atoms with Crippen LogP contribution in [-0.2, 0) is 9.59 Å². The number of Topliss-reactive ketones (excluding diaryl/α,β-unsaturated/α-hetero) is 1. The van der Waals surface area contributed by atoms with Gasteiger partial charge < -0.3 is 9.84 Å². The van der Waals surface area contributed by atoms with E-state index in [9.17, 15) is 24.8 Å². The number of nitrogens with zero attached hydrogens (tertiary/aromatic N) is 3. The lowest BCUT2D eigenvalue weighted by Gasteiger charge is -2.22. The molecular weight excluding hydrogens is 494 g/mol. The monoisotopic (exact) mass is 515 g/mol. The van der Waals surface area contributed by atoms with Crippen molar-refractivity contribution in [2.75, 3.05) is 12.0 Å². The number of anilines is 1. The summed E-state index contributed by atoms with van der Waals surface area (Å²) in [6.45, 7) is 3.88. The third kappa shape index (κ3) is 4.11. The maximum Gasteiger partial charge on any atom is 0.301 e. The van der Waals surface area contributed by atoms with Gasteiger partial charge in [-0.15, -0.1) is 0 Å². The lowest BCUT2D eigenvalue weighted by Crippen LogP contribution is -2.29. The molecule has 1 N–H and O–H groups in total. The summed E-state index contributed by atoms with van der Waals surface area (Å²) < 4.78 is 6.02. The minimum absolute atomic E-state index is 0.129. The summed E-state index contributed by atoms with van der Waals surface area (Å²) in [5.74, 6) is -1.51. The van der Waals surface area contributed by atoms with Crippen LogP contribution in [0, 0.1) is 24.0 Å². The molecule has 10 heteroatoms. The van der Waals surface area contributed by atoms with Crippen LogP contribution < -0.4 is 9.64 Å². The second-order valence-electron chi connectivity index (χ2n) is 8.67. The number of methoxy groups -OCH3 is 1. The molecule has 1 aromatic heterocycles. The zero-order valence-corrected chi connectivity index (χ0v) is 20.9. The average molecular weight is 516 g/mol. The number of aliphatic hydroxyl groups excluding tert-OH is 1. The first-order chi connectivity index (χ1) is 17.7. The van der Waals surface area contributed by atoms with E-state index in [0.29, 0.717) is 27.5 Å². The number of rotatable bonds is 5. The lowest BCUT2D eigenvalue weighted by atomic mass is 9.95. The Morgan fingerprint density at radius 1 is 1.08 bits per heavy atom. The minimum Gasteiger partial charge on any atom is -0.507 e. The number of benzene rings is 3. The van der Waals surface area contributed by atoms with Crippen LogP contribution in [-0.4, -0.2) is 33.8 Å². The third-order valence-electron chi connectivity index (χ3n) is 6.25. The Balaban J connectivity index is 1.72. The predicted octanol–water partition coefficient (Wildman–Crippen LogP) is 5.46. The van der Waals surface area contributed by atoms with Gasteiger partial charge in [0.25, 0.3) is 11.5 Å². The highest BCUT2D eigenvalue weighted by molar-refractivity contribution is 7.22. The van der Waals surface area contributed by atoms with E-state index in [1.807, 2.05) is 26.0 Å². The Morgan fingerprint density at radius 2 is 1.76 bits per heavy atom. The number of aryl methyl sites for hydroxylation is 2. The van der Waals surface area contributed by atoms with Crippen LogP contribution in [0.3, 0.4) is 0 Å². The van der Waals surface area contributed by atoms with Gasteiger partial charge in [-0.05, 0) is 73.0 Å². The van der Waals surface area contributed by atoms with Gasteiger partial charge in [0.1, 0.15) is 11.5 Å². The van der Waals surface area contributed by atoms with Crippen LogP contribution in [0.15, 0.2) is 66.2 Å². The van der Waals surface area contributed by atoms with Gasteiger partial charge in [0.2, 0.25) is 0 Å². The molecule has 0 saturated carbocycles. The number of fused-ring (bicyclic) bond motifs is 1. The number of thiazole rings is 1. The number of hydrogen-bond donors (Lipinski definition) is 1. The molecule has 0 bridgehead atoms. The number of ketones is 1. The van der Waals surface area contributed by atoms with Crippen molar-refractivity contribution in [3.05, 3.63) is 98.6 Å². The van der Waals surface area contributed by atoms with E-state index in [0.717, 1.165) is 15.8 Å². The number of nitro benzene ring substituents is 1. The predicted molar refractivity (Wildman–Crippen MR) is 140 cm³/mol. The van der Waals surface area contributed by atoms with Gasteiger partial charge in [-0.3, -0.25) is 24.6 Å². The molecule has 1 saturated heterocycles. The topological polar surface area (TPSA) is 123 Å². The van der Waals surface area contributed by atoms with Crippen molar-refractivity contribution in [3.8, 4) is 5.75 Å². The van der Waals surface area contributed by atoms with E-state index in [-0.39, 0.29) is 17.0 Å². The molecule has 37 heavy (non-hydrogen) atoms. The molecule has 0 unspecified atom stereocenters. The SMILES string of the molecule is COc1ccc(/C(O)=C2\C(=O)C(=O)N(c3nc4c(C)cc(C)cc4s3)[C@H]2c2ccc([N+](=O)[O-])cc2)cc1. The molecule has 3 aromatic carbocycles. The van der Waals surface area contributed by atoms with Crippen molar-refractivity contribution in [1.29, 1.82) is 0 Å². The second kappa shape index (κ2) is 9.14. The molecule has 5 rings (SSSR count). The van der Waals surface area contributed by atoms with Crippen LogP contribution >= 0.6 is 11.3 Å². The van der Waals surface area contributed by atoms with Crippen molar-refractivity contribution in [1.82, 2.24) is 4.98 Å². The number of aliphatic hydroxyl groups is 1. The van der Waals surface area contributed by atoms with Crippen molar-refractivity contribution in [2.24, 2.45) is 0 Å². The highest BCUT2D eigenvalue weighted by Crippen LogP contribution is 2.45. The molecule has 0 aliphatic carbocycles. The fourth-order valence-electron chi connectivity index (χ4n) is 4.49. The minimum atomic E-state index is -1.04. The first kappa shape index (κ1) is 24.1. The summed E-state index contributed by atoms with van der Waals surface area (Å²) in [4.78, 5) is 43.4. The summed E-state index contributed by atoms with van der Waals surface area (Å²) in [5, 5.41) is 22.8. The van der Waals surface area contributed by atoms with Gasteiger partial charge in [0, 0.05) is 17.7 Å². The van der Waals surface area contributed by atoms with Gasteiger partial charge in [-0.2, -0.15) is 0 Å². The number of hydrogen-bond acceptors (Lipinski definition) is 8. The molecule has 1 fully saturated rings.